The first-order valence-electron chi connectivity index (χ1n) is 11.0. The Kier molecular flexibility index (Phi) is 7.53. The van der Waals surface area contributed by atoms with Gasteiger partial charge < -0.3 is 4.57 Å². The molecule has 0 bridgehead atoms. The zero-order valence-electron chi connectivity index (χ0n) is 20.1. The van der Waals surface area contributed by atoms with Crippen molar-refractivity contribution in [1.82, 2.24) is 4.57 Å². The van der Waals surface area contributed by atoms with Crippen LogP contribution < -0.4 is 10.6 Å². The van der Waals surface area contributed by atoms with E-state index in [4.69, 9.17) is 5.26 Å². The lowest BCUT2D eigenvalue weighted by molar-refractivity contribution is 1.01. The summed E-state index contributed by atoms with van der Waals surface area (Å²) in [6.45, 7) is 18.2. The molecule has 2 heterocycles. The number of hydrogen-bond acceptors (Lipinski definition) is 2. The molecule has 0 unspecified atom stereocenters. The second-order valence-corrected chi connectivity index (χ2v) is 8.91. The summed E-state index contributed by atoms with van der Waals surface area (Å²) >= 11 is 1.74. The number of nitriles is 1. The lowest BCUT2D eigenvalue weighted by atomic mass is 10.1. The Morgan fingerprint density at radius 2 is 1.79 bits per heavy atom. The van der Waals surface area contributed by atoms with Crippen molar-refractivity contribution >= 4 is 41.7 Å². The molecule has 0 atom stereocenters. The molecule has 166 valence electrons. The number of hydrogen-bond donors (Lipinski definition) is 0. The molecule has 0 saturated carbocycles. The molecular formula is C30H30N2S. The molecule has 33 heavy (non-hydrogen) atoms. The van der Waals surface area contributed by atoms with Crippen molar-refractivity contribution in [3.05, 3.63) is 93.0 Å². The highest BCUT2D eigenvalue weighted by Gasteiger charge is 2.14. The molecule has 2 aromatic heterocycles. The van der Waals surface area contributed by atoms with Gasteiger partial charge in [0.1, 0.15) is 0 Å². The summed E-state index contributed by atoms with van der Waals surface area (Å²) in [5, 5.41) is 11.4. The van der Waals surface area contributed by atoms with Crippen LogP contribution in [-0.2, 0) is 0 Å². The SMILES string of the molecule is C=C/C=c1/c(/C=C\C)c(C=C)n(-c2ccc(-c3sc(/C=C(/C)C#N)c(C)c3C)cc2)/c1=C/C. The molecule has 0 fully saturated rings. The Bertz CT molecular complexity index is 1430. The van der Waals surface area contributed by atoms with Crippen LogP contribution in [0.3, 0.4) is 0 Å². The average Bonchev–Trinajstić information content (AvgIpc) is 3.28. The van der Waals surface area contributed by atoms with E-state index >= 15 is 0 Å². The molecular weight excluding hydrogens is 420 g/mol. The average molecular weight is 451 g/mol. The van der Waals surface area contributed by atoms with Gasteiger partial charge in [0, 0.05) is 37.1 Å². The van der Waals surface area contributed by atoms with Gasteiger partial charge in [0.25, 0.3) is 0 Å². The summed E-state index contributed by atoms with van der Waals surface area (Å²) in [6.07, 6.45) is 14.1. The molecule has 0 aliphatic heterocycles. The molecule has 3 rings (SSSR count). The Morgan fingerprint density at radius 3 is 2.33 bits per heavy atom. The van der Waals surface area contributed by atoms with Crippen LogP contribution >= 0.6 is 11.3 Å². The molecule has 0 saturated heterocycles. The van der Waals surface area contributed by atoms with E-state index in [1.807, 2.05) is 32.1 Å². The van der Waals surface area contributed by atoms with Crippen LogP contribution in [0.25, 0.3) is 46.5 Å². The molecule has 1 aromatic carbocycles. The minimum atomic E-state index is 0.721. The summed E-state index contributed by atoms with van der Waals surface area (Å²) in [5.74, 6) is 0. The smallest absolute Gasteiger partial charge is 0.0944 e. The third kappa shape index (κ3) is 4.49. The van der Waals surface area contributed by atoms with Crippen molar-refractivity contribution < 1.29 is 0 Å². The van der Waals surface area contributed by atoms with Gasteiger partial charge in [-0.3, -0.25) is 0 Å². The molecule has 0 spiro atoms. The van der Waals surface area contributed by atoms with Gasteiger partial charge in [-0.05, 0) is 75.6 Å². The topological polar surface area (TPSA) is 28.7 Å². The van der Waals surface area contributed by atoms with Gasteiger partial charge >= 0.3 is 0 Å². The number of allylic oxidation sites excluding steroid dienone is 3. The maximum atomic E-state index is 9.16. The van der Waals surface area contributed by atoms with Crippen molar-refractivity contribution in [2.45, 2.75) is 34.6 Å². The van der Waals surface area contributed by atoms with Crippen LogP contribution in [-0.4, -0.2) is 4.57 Å². The highest BCUT2D eigenvalue weighted by atomic mass is 32.1. The lowest BCUT2D eigenvalue weighted by Crippen LogP contribution is -2.28. The van der Waals surface area contributed by atoms with Gasteiger partial charge in [-0.25, -0.2) is 0 Å². The fourth-order valence-corrected chi connectivity index (χ4v) is 5.39. The first-order chi connectivity index (χ1) is 15.9. The number of rotatable bonds is 6. The largest absolute Gasteiger partial charge is 0.310 e. The van der Waals surface area contributed by atoms with Gasteiger partial charge in [0.05, 0.1) is 11.8 Å². The van der Waals surface area contributed by atoms with Crippen LogP contribution in [0, 0.1) is 25.2 Å². The fraction of sp³-hybridized carbons (Fsp3) is 0.167. The van der Waals surface area contributed by atoms with Gasteiger partial charge in [-0.1, -0.05) is 55.7 Å². The van der Waals surface area contributed by atoms with Gasteiger partial charge in [0.15, 0.2) is 0 Å². The Hall–Kier alpha value is -3.61. The van der Waals surface area contributed by atoms with E-state index in [0.29, 0.717) is 0 Å². The van der Waals surface area contributed by atoms with E-state index in [0.717, 1.165) is 38.0 Å². The normalized spacial score (nSPS) is 13.0. The number of nitrogens with zero attached hydrogens (tertiary/aromatic N) is 2. The summed E-state index contributed by atoms with van der Waals surface area (Å²) in [7, 11) is 0. The van der Waals surface area contributed by atoms with Crippen LogP contribution in [0.2, 0.25) is 0 Å². The lowest BCUT2D eigenvalue weighted by Gasteiger charge is -2.10. The summed E-state index contributed by atoms with van der Waals surface area (Å²) in [4.78, 5) is 2.39. The fourth-order valence-electron chi connectivity index (χ4n) is 4.07. The predicted molar refractivity (Wildman–Crippen MR) is 147 cm³/mol. The molecule has 0 aliphatic rings. The van der Waals surface area contributed by atoms with E-state index in [1.165, 1.54) is 21.6 Å². The highest BCUT2D eigenvalue weighted by molar-refractivity contribution is 7.16. The van der Waals surface area contributed by atoms with E-state index < -0.39 is 0 Å². The Balaban J connectivity index is 2.20. The summed E-state index contributed by atoms with van der Waals surface area (Å²) in [5.41, 5.74) is 7.68. The Labute approximate surface area is 201 Å². The Morgan fingerprint density at radius 1 is 1.09 bits per heavy atom. The van der Waals surface area contributed by atoms with E-state index in [-0.39, 0.29) is 0 Å². The molecule has 3 aromatic rings. The van der Waals surface area contributed by atoms with Crippen LogP contribution in [0.1, 0.15) is 48.0 Å². The molecule has 0 N–H and O–H groups in total. The van der Waals surface area contributed by atoms with Crippen molar-refractivity contribution in [2.75, 3.05) is 0 Å². The van der Waals surface area contributed by atoms with E-state index in [1.54, 1.807) is 11.3 Å². The van der Waals surface area contributed by atoms with Gasteiger partial charge in [-0.15, -0.1) is 11.3 Å². The van der Waals surface area contributed by atoms with Crippen molar-refractivity contribution in [2.24, 2.45) is 0 Å². The highest BCUT2D eigenvalue weighted by Crippen LogP contribution is 2.37. The molecule has 2 nitrogen and oxygen atoms in total. The number of aromatic nitrogens is 1. The third-order valence-corrected chi connectivity index (χ3v) is 7.19. The van der Waals surface area contributed by atoms with Gasteiger partial charge in [-0.2, -0.15) is 5.26 Å². The van der Waals surface area contributed by atoms with Gasteiger partial charge in [0.2, 0.25) is 0 Å². The second-order valence-electron chi connectivity index (χ2n) is 7.86. The molecule has 0 aliphatic carbocycles. The minimum Gasteiger partial charge on any atom is -0.310 e. The second kappa shape index (κ2) is 10.3. The number of benzene rings is 1. The van der Waals surface area contributed by atoms with Crippen molar-refractivity contribution in [3.63, 3.8) is 0 Å². The minimum absolute atomic E-state index is 0.721. The first kappa shape index (κ1) is 24.0. The molecule has 3 heteroatoms. The quantitative estimate of drug-likeness (QED) is 0.365. The summed E-state index contributed by atoms with van der Waals surface area (Å²) in [6, 6.07) is 10.9. The molecule has 0 radical (unpaired) electrons. The first-order valence-corrected chi connectivity index (χ1v) is 11.8. The number of thiophene rings is 1. The maximum absolute atomic E-state index is 9.16. The summed E-state index contributed by atoms with van der Waals surface area (Å²) < 4.78 is 2.25. The van der Waals surface area contributed by atoms with E-state index in [9.17, 15) is 0 Å². The van der Waals surface area contributed by atoms with Crippen molar-refractivity contribution in [3.8, 4) is 22.2 Å². The van der Waals surface area contributed by atoms with Crippen LogP contribution in [0.5, 0.6) is 0 Å². The van der Waals surface area contributed by atoms with Crippen LogP contribution in [0.15, 0.2) is 55.1 Å². The van der Waals surface area contributed by atoms with Crippen molar-refractivity contribution in [1.29, 1.82) is 5.26 Å². The van der Waals surface area contributed by atoms with Crippen LogP contribution in [0.4, 0.5) is 0 Å². The standard InChI is InChI=1S/C30H30N2S/c1-8-12-25-26(13-9-2)28(11-4)32(27(25)10-3)24-16-14-23(15-17-24)30-22(7)21(6)29(33-30)18-20(5)19-31/h8-18H,1,4H2,2-3,5-7H3/b13-9-,20-18-,25-12-,27-10+. The zero-order valence-corrected chi connectivity index (χ0v) is 20.9. The predicted octanol–water partition coefficient (Wildman–Crippen LogP) is 7.19. The molecule has 0 amide bonds. The third-order valence-electron chi connectivity index (χ3n) is 5.80. The maximum Gasteiger partial charge on any atom is 0.0944 e. The zero-order chi connectivity index (χ0) is 24.1. The monoisotopic (exact) mass is 450 g/mol. The van der Waals surface area contributed by atoms with E-state index in [2.05, 4.69) is 93.1 Å².